The number of aliphatic imine (C=N–C) groups is 1. The largest absolute Gasteiger partial charge is 0.740 e. The summed E-state index contributed by atoms with van der Waals surface area (Å²) in [4.78, 5) is 8.14. The normalized spacial score (nSPS) is 15.6. The minimum atomic E-state index is -5.01. The molecule has 0 bridgehead atoms. The molecule has 3 heterocycles. The quantitative estimate of drug-likeness (QED) is 0.342. The van der Waals surface area contributed by atoms with Crippen LogP contribution in [0, 0.1) is 5.21 Å². The van der Waals surface area contributed by atoms with Gasteiger partial charge in [-0.15, -0.1) is 0 Å². The Morgan fingerprint density at radius 2 is 1.84 bits per heavy atom. The highest BCUT2D eigenvalue weighted by atomic mass is 19.4. The molecule has 0 N–H and O–H groups in total. The predicted octanol–water partition coefficient (Wildman–Crippen LogP) is 4.40. The fraction of sp³-hybridized carbons (Fsp3) is 0.211. The lowest BCUT2D eigenvalue weighted by Crippen LogP contribution is -2.34. The van der Waals surface area contributed by atoms with Crippen LogP contribution in [0.3, 0.4) is 0 Å². The first kappa shape index (κ1) is 20.7. The minimum Gasteiger partial charge on any atom is -0.740 e. The van der Waals surface area contributed by atoms with Gasteiger partial charge in [-0.05, 0) is 37.3 Å². The first-order valence-electron chi connectivity index (χ1n) is 8.77. The number of amidine groups is 2. The molecule has 1 aliphatic rings. The summed E-state index contributed by atoms with van der Waals surface area (Å²) >= 11 is 0. The van der Waals surface area contributed by atoms with E-state index in [1.54, 1.807) is 28.9 Å². The van der Waals surface area contributed by atoms with Crippen LogP contribution in [0.1, 0.15) is 23.6 Å². The molecule has 4 rings (SSSR count). The number of ether oxygens (including phenoxy) is 1. The maximum absolute atomic E-state index is 13.4. The molecule has 1 unspecified atom stereocenters. The van der Waals surface area contributed by atoms with Gasteiger partial charge in [-0.25, -0.2) is 9.72 Å². The molecule has 1 aromatic carbocycles. The van der Waals surface area contributed by atoms with Gasteiger partial charge in [0.15, 0.2) is 11.8 Å². The molecular weight excluding hydrogens is 430 g/mol. The molecule has 0 saturated carbocycles. The molecule has 162 valence electrons. The molecule has 0 aliphatic carbocycles. The standard InChI is InChI=1S/C19H12F6N4O2/c1-10(18(20,21)22)31-14-5-4-11(9-13(14)19(23,24)25)15-27-17(29(15)30)12-3-2-7-28-8-6-26-16(12)28/h2-10H,1H3. The van der Waals surface area contributed by atoms with Crippen molar-refractivity contribution in [2.24, 2.45) is 4.99 Å². The number of benzene rings is 1. The molecule has 0 spiro atoms. The first-order valence-corrected chi connectivity index (χ1v) is 8.77. The number of imidazole rings is 1. The second-order valence-electron chi connectivity index (χ2n) is 6.64. The summed E-state index contributed by atoms with van der Waals surface area (Å²) in [6.07, 6.45) is -7.46. The Labute approximate surface area is 170 Å². The van der Waals surface area contributed by atoms with Gasteiger partial charge >= 0.3 is 12.4 Å². The Hall–Kier alpha value is -3.57. The van der Waals surface area contributed by atoms with E-state index in [0.717, 1.165) is 12.1 Å². The zero-order valence-electron chi connectivity index (χ0n) is 15.6. The Morgan fingerprint density at radius 3 is 2.48 bits per heavy atom. The maximum Gasteiger partial charge on any atom is 0.425 e. The van der Waals surface area contributed by atoms with Crippen molar-refractivity contribution in [3.8, 4) is 5.75 Å². The number of hydrogen-bond acceptors (Lipinski definition) is 4. The topological polar surface area (TPSA) is 65.0 Å². The maximum atomic E-state index is 13.4. The van der Waals surface area contributed by atoms with Gasteiger partial charge in [0.25, 0.3) is 11.7 Å². The third-order valence-electron chi connectivity index (χ3n) is 4.56. The monoisotopic (exact) mass is 442 g/mol. The number of hydroxylamine groups is 1. The summed E-state index contributed by atoms with van der Waals surface area (Å²) in [6, 6.07) is 5.55. The number of halogens is 6. The first-order chi connectivity index (χ1) is 14.5. The highest BCUT2D eigenvalue weighted by Gasteiger charge is 2.41. The molecule has 1 atom stereocenters. The zero-order valence-corrected chi connectivity index (χ0v) is 15.6. The van der Waals surface area contributed by atoms with E-state index in [-0.39, 0.29) is 17.2 Å². The number of rotatable bonds is 4. The van der Waals surface area contributed by atoms with E-state index in [0.29, 0.717) is 28.9 Å². The number of alkyl halides is 6. The SMILES string of the molecule is CC(Oc1ccc(C2=NC(c3cccn4ccnc34)=[N+]2[O-])cc1C(F)(F)F)C(F)(F)F. The van der Waals surface area contributed by atoms with Crippen molar-refractivity contribution in [1.29, 1.82) is 0 Å². The predicted molar refractivity (Wildman–Crippen MR) is 97.1 cm³/mol. The number of fused-ring (bicyclic) bond motifs is 1. The van der Waals surface area contributed by atoms with E-state index in [1.165, 1.54) is 6.20 Å². The van der Waals surface area contributed by atoms with Crippen molar-refractivity contribution in [2.75, 3.05) is 0 Å². The Bertz CT molecular complexity index is 1230. The summed E-state index contributed by atoms with van der Waals surface area (Å²) in [5.74, 6) is -1.36. The number of pyridine rings is 1. The van der Waals surface area contributed by atoms with E-state index < -0.39 is 29.8 Å². The van der Waals surface area contributed by atoms with Crippen LogP contribution in [-0.2, 0) is 6.18 Å². The van der Waals surface area contributed by atoms with Gasteiger partial charge < -0.3 is 14.3 Å². The third-order valence-corrected chi connectivity index (χ3v) is 4.56. The Balaban J connectivity index is 1.68. The van der Waals surface area contributed by atoms with Crippen LogP contribution in [0.15, 0.2) is 53.9 Å². The van der Waals surface area contributed by atoms with Gasteiger partial charge in [0.2, 0.25) is 0 Å². The van der Waals surface area contributed by atoms with Crippen molar-refractivity contribution < 1.29 is 35.8 Å². The highest BCUT2D eigenvalue weighted by molar-refractivity contribution is 6.17. The molecule has 12 heteroatoms. The molecule has 6 nitrogen and oxygen atoms in total. The van der Waals surface area contributed by atoms with Crippen molar-refractivity contribution >= 4 is 17.3 Å². The van der Waals surface area contributed by atoms with Gasteiger partial charge in [-0.2, -0.15) is 26.3 Å². The van der Waals surface area contributed by atoms with Crippen LogP contribution in [0.4, 0.5) is 26.3 Å². The van der Waals surface area contributed by atoms with Gasteiger partial charge in [0.05, 0.1) is 16.7 Å². The summed E-state index contributed by atoms with van der Waals surface area (Å²) < 4.78 is 84.8. The van der Waals surface area contributed by atoms with Crippen LogP contribution in [0.25, 0.3) is 5.65 Å². The lowest BCUT2D eigenvalue weighted by Gasteiger charge is -2.24. The van der Waals surface area contributed by atoms with E-state index in [1.807, 2.05) is 0 Å². The molecule has 0 saturated heterocycles. The molecule has 1 aliphatic heterocycles. The van der Waals surface area contributed by atoms with Crippen LogP contribution >= 0.6 is 0 Å². The zero-order chi connectivity index (χ0) is 22.6. The lowest BCUT2D eigenvalue weighted by molar-refractivity contribution is -0.337. The van der Waals surface area contributed by atoms with E-state index >= 15 is 0 Å². The lowest BCUT2D eigenvalue weighted by atomic mass is 10.1. The van der Waals surface area contributed by atoms with Gasteiger partial charge in [-0.1, -0.05) is 4.99 Å². The molecule has 31 heavy (non-hydrogen) atoms. The fourth-order valence-corrected chi connectivity index (χ4v) is 2.97. The summed E-state index contributed by atoms with van der Waals surface area (Å²) in [5, 5.41) is 12.5. The number of aromatic nitrogens is 2. The molecule has 0 radical (unpaired) electrons. The van der Waals surface area contributed by atoms with Crippen LogP contribution in [0.5, 0.6) is 5.75 Å². The second kappa shape index (κ2) is 7.00. The van der Waals surface area contributed by atoms with E-state index in [9.17, 15) is 31.5 Å². The van der Waals surface area contributed by atoms with Crippen molar-refractivity contribution in [3.63, 3.8) is 0 Å². The fourth-order valence-electron chi connectivity index (χ4n) is 2.97. The van der Waals surface area contributed by atoms with Crippen molar-refractivity contribution in [2.45, 2.75) is 25.4 Å². The second-order valence-corrected chi connectivity index (χ2v) is 6.64. The van der Waals surface area contributed by atoms with Crippen LogP contribution < -0.4 is 4.74 Å². The summed E-state index contributed by atoms with van der Waals surface area (Å²) in [6.45, 7) is 0.598. The average Bonchev–Trinajstić information content (AvgIpc) is 3.16. The van der Waals surface area contributed by atoms with Crippen LogP contribution in [-0.4, -0.2) is 38.1 Å². The van der Waals surface area contributed by atoms with Gasteiger partial charge in [0, 0.05) is 18.6 Å². The molecular formula is C19H12F6N4O2. The van der Waals surface area contributed by atoms with Gasteiger partial charge in [0.1, 0.15) is 5.75 Å². The highest BCUT2D eigenvalue weighted by Crippen LogP contribution is 2.39. The minimum absolute atomic E-state index is 0.0496. The molecule has 3 aromatic rings. The van der Waals surface area contributed by atoms with Crippen molar-refractivity contribution in [1.82, 2.24) is 9.38 Å². The average molecular weight is 442 g/mol. The summed E-state index contributed by atoms with van der Waals surface area (Å²) in [5.41, 5.74) is -0.849. The third kappa shape index (κ3) is 3.68. The number of hydrogen-bond donors (Lipinski definition) is 0. The molecule has 2 aromatic heterocycles. The van der Waals surface area contributed by atoms with Crippen molar-refractivity contribution in [3.05, 3.63) is 70.8 Å². The number of nitrogens with zero attached hydrogens (tertiary/aromatic N) is 4. The Kier molecular flexibility index (Phi) is 4.67. The Morgan fingerprint density at radius 1 is 1.10 bits per heavy atom. The molecule has 0 fully saturated rings. The van der Waals surface area contributed by atoms with Gasteiger partial charge in [-0.3, -0.25) is 0 Å². The van der Waals surface area contributed by atoms with E-state index in [4.69, 9.17) is 0 Å². The van der Waals surface area contributed by atoms with Crippen LogP contribution in [0.2, 0.25) is 0 Å². The smallest absolute Gasteiger partial charge is 0.425 e. The summed E-state index contributed by atoms with van der Waals surface area (Å²) in [7, 11) is 0. The van der Waals surface area contributed by atoms with E-state index in [2.05, 4.69) is 14.7 Å². The molecule has 0 amide bonds.